The minimum absolute atomic E-state index is 0.0374. The molecular weight excluding hydrogens is 312 g/mol. The molecule has 0 bridgehead atoms. The summed E-state index contributed by atoms with van der Waals surface area (Å²) in [5.74, 6) is 0.882. The fourth-order valence-electron chi connectivity index (χ4n) is 1.14. The van der Waals surface area contributed by atoms with Gasteiger partial charge in [0.1, 0.15) is 0 Å². The van der Waals surface area contributed by atoms with Crippen molar-refractivity contribution in [2.45, 2.75) is 31.4 Å². The molecule has 19 heavy (non-hydrogen) atoms. The summed E-state index contributed by atoms with van der Waals surface area (Å²) in [5.41, 5.74) is 0. The van der Waals surface area contributed by atoms with Crippen molar-refractivity contribution >= 4 is 32.0 Å². The van der Waals surface area contributed by atoms with E-state index in [4.69, 9.17) is 4.18 Å². The van der Waals surface area contributed by atoms with Gasteiger partial charge in [-0.05, 0) is 18.6 Å². The maximum absolute atomic E-state index is 10.9. The van der Waals surface area contributed by atoms with Crippen molar-refractivity contribution in [2.75, 3.05) is 31.5 Å². The largest absolute Gasteiger partial charge is 0.270 e. The molecule has 0 saturated carbocycles. The molecule has 0 N–H and O–H groups in total. The van der Waals surface area contributed by atoms with Crippen LogP contribution in [0.3, 0.4) is 0 Å². The molecule has 0 spiro atoms. The zero-order valence-electron chi connectivity index (χ0n) is 11.5. The Morgan fingerprint density at radius 2 is 1.63 bits per heavy atom. The number of unbranched alkanes of at least 4 members (excludes halogenated alkanes) is 1. The molecule has 0 aromatic heterocycles. The van der Waals surface area contributed by atoms with E-state index in [0.29, 0.717) is 6.42 Å². The second-order valence-corrected chi connectivity index (χ2v) is 8.85. The highest BCUT2D eigenvalue weighted by atomic mass is 32.2. The molecule has 9 heteroatoms. The van der Waals surface area contributed by atoms with Crippen molar-refractivity contribution in [2.24, 2.45) is 0 Å². The predicted molar refractivity (Wildman–Crippen MR) is 77.4 cm³/mol. The lowest BCUT2D eigenvalue weighted by molar-refractivity contribution is 0.278. The van der Waals surface area contributed by atoms with Crippen LogP contribution < -0.4 is 0 Å². The summed E-state index contributed by atoms with van der Waals surface area (Å²) in [7, 11) is -6.93. The van der Waals surface area contributed by atoms with Gasteiger partial charge in [0.15, 0.2) is 0 Å². The van der Waals surface area contributed by atoms with E-state index in [1.165, 1.54) is 0 Å². The summed E-state index contributed by atoms with van der Waals surface area (Å²) in [6, 6.07) is 0. The third-order valence-electron chi connectivity index (χ3n) is 2.06. The molecule has 0 aliphatic carbocycles. The summed E-state index contributed by atoms with van der Waals surface area (Å²) < 4.78 is 53.0. The molecular formula is C10H22O6S3. The first kappa shape index (κ1) is 19.2. The van der Waals surface area contributed by atoms with Crippen molar-refractivity contribution < 1.29 is 25.2 Å². The second kappa shape index (κ2) is 9.17. The van der Waals surface area contributed by atoms with E-state index >= 15 is 0 Å². The highest BCUT2D eigenvalue weighted by Gasteiger charge is 2.14. The van der Waals surface area contributed by atoms with E-state index in [1.807, 2.05) is 0 Å². The van der Waals surface area contributed by atoms with Crippen LogP contribution in [0.4, 0.5) is 0 Å². The average molecular weight is 334 g/mol. The van der Waals surface area contributed by atoms with E-state index in [9.17, 15) is 16.8 Å². The van der Waals surface area contributed by atoms with E-state index in [-0.39, 0.29) is 18.5 Å². The van der Waals surface area contributed by atoms with Gasteiger partial charge in [0.25, 0.3) is 20.2 Å². The van der Waals surface area contributed by atoms with Crippen molar-refractivity contribution in [3.8, 4) is 0 Å². The van der Waals surface area contributed by atoms with Crippen molar-refractivity contribution in [3.05, 3.63) is 0 Å². The first-order valence-corrected chi connectivity index (χ1v) is 10.6. The molecule has 0 aromatic carbocycles. The molecule has 6 nitrogen and oxygen atoms in total. The molecule has 0 fully saturated rings. The highest BCUT2D eigenvalue weighted by molar-refractivity contribution is 7.99. The van der Waals surface area contributed by atoms with Crippen molar-refractivity contribution in [1.29, 1.82) is 0 Å². The number of hydrogen-bond donors (Lipinski definition) is 0. The maximum Gasteiger partial charge on any atom is 0.264 e. The molecule has 0 aromatic rings. The van der Waals surface area contributed by atoms with Crippen LogP contribution in [0.25, 0.3) is 0 Å². The summed E-state index contributed by atoms with van der Waals surface area (Å²) >= 11 is 1.57. The number of rotatable bonds is 11. The van der Waals surface area contributed by atoms with Crippen LogP contribution in [0.2, 0.25) is 0 Å². The van der Waals surface area contributed by atoms with Gasteiger partial charge in [-0.1, -0.05) is 13.3 Å². The summed E-state index contributed by atoms with van der Waals surface area (Å²) in [4.78, 5) is 0. The second-order valence-electron chi connectivity index (χ2n) is 4.15. The maximum atomic E-state index is 10.9. The van der Waals surface area contributed by atoms with Gasteiger partial charge in [0.2, 0.25) is 0 Å². The monoisotopic (exact) mass is 334 g/mol. The average Bonchev–Trinajstić information content (AvgIpc) is 2.22. The first-order chi connectivity index (χ1) is 8.64. The lowest BCUT2D eigenvalue weighted by Crippen LogP contribution is -2.19. The minimum Gasteiger partial charge on any atom is -0.270 e. The van der Waals surface area contributed by atoms with Gasteiger partial charge >= 0.3 is 0 Å². The highest BCUT2D eigenvalue weighted by Crippen LogP contribution is 2.18. The van der Waals surface area contributed by atoms with Crippen LogP contribution in [0.1, 0.15) is 26.2 Å². The quantitative estimate of drug-likeness (QED) is 0.415. The Bertz CT molecular complexity index is 428. The zero-order valence-corrected chi connectivity index (χ0v) is 13.9. The third kappa shape index (κ3) is 14.4. The SMILES string of the molecule is CCCCSC(CCOS(C)(=O)=O)COS(C)(=O)=O. The summed E-state index contributed by atoms with van der Waals surface area (Å²) in [5, 5.41) is -0.0944. The van der Waals surface area contributed by atoms with Crippen LogP contribution in [0.15, 0.2) is 0 Å². The Morgan fingerprint density at radius 3 is 2.11 bits per heavy atom. The molecule has 0 amide bonds. The Kier molecular flexibility index (Phi) is 9.25. The summed E-state index contributed by atoms with van der Waals surface area (Å²) in [6.45, 7) is 2.14. The lowest BCUT2D eigenvalue weighted by atomic mass is 10.3. The molecule has 1 atom stereocenters. The Labute approximate surface area is 120 Å². The third-order valence-corrected chi connectivity index (χ3v) is 4.58. The van der Waals surface area contributed by atoms with Crippen molar-refractivity contribution in [3.63, 3.8) is 0 Å². The normalized spacial score (nSPS) is 14.5. The fourth-order valence-corrected chi connectivity index (χ4v) is 3.25. The van der Waals surface area contributed by atoms with Gasteiger partial charge < -0.3 is 0 Å². The molecule has 0 heterocycles. The molecule has 0 radical (unpaired) electrons. The van der Waals surface area contributed by atoms with E-state index in [1.54, 1.807) is 11.8 Å². The van der Waals surface area contributed by atoms with Crippen LogP contribution in [0.5, 0.6) is 0 Å². The van der Waals surface area contributed by atoms with Gasteiger partial charge in [-0.15, -0.1) is 0 Å². The van der Waals surface area contributed by atoms with Crippen LogP contribution >= 0.6 is 11.8 Å². The Hall–Kier alpha value is 0.170. The van der Waals surface area contributed by atoms with Crippen molar-refractivity contribution in [1.82, 2.24) is 0 Å². The Balaban J connectivity index is 4.17. The molecule has 0 rings (SSSR count). The predicted octanol–water partition coefficient (Wildman–Crippen LogP) is 1.23. The van der Waals surface area contributed by atoms with Gasteiger partial charge in [0, 0.05) is 5.25 Å². The fraction of sp³-hybridized carbons (Fsp3) is 1.00. The molecule has 0 aliphatic rings. The van der Waals surface area contributed by atoms with Gasteiger partial charge in [-0.3, -0.25) is 8.37 Å². The number of hydrogen-bond acceptors (Lipinski definition) is 7. The first-order valence-electron chi connectivity index (χ1n) is 5.94. The Morgan fingerprint density at radius 1 is 1.05 bits per heavy atom. The minimum atomic E-state index is -3.48. The van der Waals surface area contributed by atoms with Gasteiger partial charge in [-0.25, -0.2) is 0 Å². The molecule has 1 unspecified atom stereocenters. The molecule has 0 saturated heterocycles. The van der Waals surface area contributed by atoms with E-state index in [2.05, 4.69) is 11.1 Å². The van der Waals surface area contributed by atoms with Crippen LogP contribution in [-0.4, -0.2) is 53.6 Å². The van der Waals surface area contributed by atoms with Gasteiger partial charge in [0.05, 0.1) is 25.7 Å². The van der Waals surface area contributed by atoms with Gasteiger partial charge in [-0.2, -0.15) is 28.6 Å². The van der Waals surface area contributed by atoms with Crippen LogP contribution in [-0.2, 0) is 28.6 Å². The lowest BCUT2D eigenvalue weighted by Gasteiger charge is -2.15. The molecule has 0 aliphatic heterocycles. The molecule has 116 valence electrons. The summed E-state index contributed by atoms with van der Waals surface area (Å²) in [6.07, 6.45) is 4.48. The van der Waals surface area contributed by atoms with E-state index in [0.717, 1.165) is 31.1 Å². The van der Waals surface area contributed by atoms with E-state index < -0.39 is 20.2 Å². The zero-order chi connectivity index (χ0) is 14.9. The van der Waals surface area contributed by atoms with Crippen LogP contribution in [0, 0.1) is 0 Å². The topological polar surface area (TPSA) is 86.7 Å². The standard InChI is InChI=1S/C10H22O6S3/c1-4-5-8-17-10(9-16-19(3,13)14)6-7-15-18(2,11)12/h10H,4-9H2,1-3H3. The smallest absolute Gasteiger partial charge is 0.264 e. The number of thioether (sulfide) groups is 1.